The van der Waals surface area contributed by atoms with Crippen molar-refractivity contribution in [1.82, 2.24) is 25.6 Å². The maximum Gasteiger partial charge on any atom is 0.176 e. The summed E-state index contributed by atoms with van der Waals surface area (Å²) in [6.07, 6.45) is 1.47. The molecule has 0 saturated heterocycles. The van der Waals surface area contributed by atoms with Crippen LogP contribution in [0, 0.1) is 0 Å². The first-order chi connectivity index (χ1) is 8.67. The van der Waals surface area contributed by atoms with Gasteiger partial charge >= 0.3 is 0 Å². The summed E-state index contributed by atoms with van der Waals surface area (Å²) < 4.78 is 1.07. The smallest absolute Gasteiger partial charge is 0.176 e. The number of nitrogens with zero attached hydrogens (tertiary/aromatic N) is 4. The first-order valence-corrected chi connectivity index (χ1v) is 6.40. The van der Waals surface area contributed by atoms with Crippen molar-refractivity contribution in [2.24, 2.45) is 12.9 Å². The molecular weight excluding hydrogens is 296 g/mol. The Balaban J connectivity index is 1.99. The Kier molecular flexibility index (Phi) is 4.40. The van der Waals surface area contributed by atoms with Crippen LogP contribution in [0.25, 0.3) is 0 Å². The van der Waals surface area contributed by atoms with Gasteiger partial charge in [-0.3, -0.25) is 11.3 Å². The number of benzene rings is 1. The summed E-state index contributed by atoms with van der Waals surface area (Å²) >= 11 is 3.41. The van der Waals surface area contributed by atoms with Gasteiger partial charge in [0, 0.05) is 16.9 Å². The van der Waals surface area contributed by atoms with Crippen LogP contribution in [0.2, 0.25) is 0 Å². The predicted molar refractivity (Wildman–Crippen MR) is 71.5 cm³/mol. The summed E-state index contributed by atoms with van der Waals surface area (Å²) in [6.45, 7) is 0. The molecule has 3 N–H and O–H groups in total. The molecule has 0 radical (unpaired) electrons. The van der Waals surface area contributed by atoms with Crippen molar-refractivity contribution in [2.45, 2.75) is 18.9 Å². The minimum absolute atomic E-state index is 0.0929. The topological polar surface area (TPSA) is 81.7 Å². The third kappa shape index (κ3) is 3.59. The quantitative estimate of drug-likeness (QED) is 0.624. The number of nitrogens with two attached hydrogens (primary N) is 1. The molecule has 0 aliphatic rings. The van der Waals surface area contributed by atoms with E-state index in [2.05, 4.69) is 48.9 Å². The first-order valence-electron chi connectivity index (χ1n) is 5.61. The summed E-state index contributed by atoms with van der Waals surface area (Å²) in [5.41, 5.74) is 4.01. The Labute approximate surface area is 114 Å². The lowest BCUT2D eigenvalue weighted by Crippen LogP contribution is -2.38. The number of halogens is 1. The summed E-state index contributed by atoms with van der Waals surface area (Å²) in [4.78, 5) is 1.45. The number of aryl methyl sites for hydroxylation is 1. The second kappa shape index (κ2) is 6.03. The monoisotopic (exact) mass is 310 g/mol. The normalized spacial score (nSPS) is 12.6. The van der Waals surface area contributed by atoms with Crippen LogP contribution < -0.4 is 11.3 Å². The molecule has 18 heavy (non-hydrogen) atoms. The predicted octanol–water partition coefficient (Wildman–Crippen LogP) is 0.590. The van der Waals surface area contributed by atoms with E-state index in [0.29, 0.717) is 12.2 Å². The number of hydrogen-bond acceptors (Lipinski definition) is 5. The summed E-state index contributed by atoms with van der Waals surface area (Å²) in [5.74, 6) is 6.26. The second-order valence-electron chi connectivity index (χ2n) is 4.09. The van der Waals surface area contributed by atoms with Gasteiger partial charge in [0.2, 0.25) is 0 Å². The molecule has 7 heteroatoms. The SMILES string of the molecule is Cn1nnc(CC(Cc2ccc(Br)cc2)NN)n1. The van der Waals surface area contributed by atoms with Crippen molar-refractivity contribution >= 4 is 15.9 Å². The van der Waals surface area contributed by atoms with Crippen LogP contribution in [-0.4, -0.2) is 26.2 Å². The fourth-order valence-electron chi connectivity index (χ4n) is 1.72. The number of rotatable bonds is 5. The molecule has 1 aromatic carbocycles. The second-order valence-corrected chi connectivity index (χ2v) is 5.01. The largest absolute Gasteiger partial charge is 0.271 e. The van der Waals surface area contributed by atoms with Gasteiger partial charge in [0.05, 0.1) is 7.05 Å². The minimum Gasteiger partial charge on any atom is -0.271 e. The zero-order valence-corrected chi connectivity index (χ0v) is 11.6. The molecule has 0 aliphatic heterocycles. The zero-order valence-electron chi connectivity index (χ0n) is 10.0. The highest BCUT2D eigenvalue weighted by Crippen LogP contribution is 2.12. The molecule has 0 fully saturated rings. The maximum absolute atomic E-state index is 5.56. The van der Waals surface area contributed by atoms with E-state index in [9.17, 15) is 0 Å². The third-order valence-electron chi connectivity index (χ3n) is 2.61. The third-order valence-corrected chi connectivity index (χ3v) is 3.14. The highest BCUT2D eigenvalue weighted by Gasteiger charge is 2.12. The van der Waals surface area contributed by atoms with Gasteiger partial charge < -0.3 is 0 Å². The van der Waals surface area contributed by atoms with Crippen molar-refractivity contribution in [3.63, 3.8) is 0 Å². The number of hydrogen-bond donors (Lipinski definition) is 2. The van der Waals surface area contributed by atoms with Crippen molar-refractivity contribution in [3.05, 3.63) is 40.1 Å². The van der Waals surface area contributed by atoms with Crippen LogP contribution in [-0.2, 0) is 19.9 Å². The van der Waals surface area contributed by atoms with Gasteiger partial charge in [-0.25, -0.2) is 0 Å². The molecule has 2 aromatic rings. The molecule has 6 nitrogen and oxygen atoms in total. The molecule has 2 rings (SSSR count). The van der Waals surface area contributed by atoms with E-state index in [-0.39, 0.29) is 6.04 Å². The number of tetrazole rings is 1. The highest BCUT2D eigenvalue weighted by molar-refractivity contribution is 9.10. The van der Waals surface area contributed by atoms with Gasteiger partial charge in [-0.15, -0.1) is 10.2 Å². The Morgan fingerprint density at radius 3 is 2.61 bits per heavy atom. The van der Waals surface area contributed by atoms with E-state index in [4.69, 9.17) is 5.84 Å². The molecule has 0 aliphatic carbocycles. The fraction of sp³-hybridized carbons (Fsp3) is 0.364. The lowest BCUT2D eigenvalue weighted by Gasteiger charge is -2.13. The van der Waals surface area contributed by atoms with E-state index < -0.39 is 0 Å². The number of hydrazine groups is 1. The van der Waals surface area contributed by atoms with E-state index in [1.807, 2.05) is 12.1 Å². The van der Waals surface area contributed by atoms with E-state index in [1.54, 1.807) is 7.05 Å². The maximum atomic E-state index is 5.56. The molecule has 1 atom stereocenters. The summed E-state index contributed by atoms with van der Waals surface area (Å²) in [6, 6.07) is 8.26. The van der Waals surface area contributed by atoms with E-state index in [0.717, 1.165) is 10.9 Å². The van der Waals surface area contributed by atoms with Crippen LogP contribution in [0.15, 0.2) is 28.7 Å². The van der Waals surface area contributed by atoms with Gasteiger partial charge in [0.15, 0.2) is 5.82 Å². The van der Waals surface area contributed by atoms with Crippen LogP contribution in [0.5, 0.6) is 0 Å². The van der Waals surface area contributed by atoms with Gasteiger partial charge in [0.1, 0.15) is 0 Å². The average molecular weight is 311 g/mol. The molecule has 0 amide bonds. The molecule has 0 bridgehead atoms. The van der Waals surface area contributed by atoms with Gasteiger partial charge in [-0.05, 0) is 29.3 Å². The Morgan fingerprint density at radius 2 is 2.06 bits per heavy atom. The van der Waals surface area contributed by atoms with Crippen molar-refractivity contribution in [3.8, 4) is 0 Å². The summed E-state index contributed by atoms with van der Waals surface area (Å²) in [7, 11) is 1.75. The van der Waals surface area contributed by atoms with Crippen LogP contribution in [0.4, 0.5) is 0 Å². The van der Waals surface area contributed by atoms with Crippen molar-refractivity contribution in [1.29, 1.82) is 0 Å². The Hall–Kier alpha value is -1.31. The lowest BCUT2D eigenvalue weighted by molar-refractivity contribution is 0.509. The van der Waals surface area contributed by atoms with Crippen molar-refractivity contribution < 1.29 is 0 Å². The minimum atomic E-state index is 0.0929. The van der Waals surface area contributed by atoms with Crippen LogP contribution in [0.3, 0.4) is 0 Å². The van der Waals surface area contributed by atoms with Crippen LogP contribution in [0.1, 0.15) is 11.4 Å². The lowest BCUT2D eigenvalue weighted by atomic mass is 10.0. The van der Waals surface area contributed by atoms with Crippen molar-refractivity contribution in [2.75, 3.05) is 0 Å². The van der Waals surface area contributed by atoms with E-state index in [1.165, 1.54) is 10.4 Å². The Bertz CT molecular complexity index is 494. The molecule has 96 valence electrons. The molecular formula is C11H15BrN6. The summed E-state index contributed by atoms with van der Waals surface area (Å²) in [5, 5.41) is 11.9. The fourth-order valence-corrected chi connectivity index (χ4v) is 1.98. The van der Waals surface area contributed by atoms with Gasteiger partial charge in [-0.2, -0.15) is 4.80 Å². The number of nitrogens with one attached hydrogen (secondary N) is 1. The van der Waals surface area contributed by atoms with Gasteiger partial charge in [-0.1, -0.05) is 28.1 Å². The van der Waals surface area contributed by atoms with Gasteiger partial charge in [0.25, 0.3) is 0 Å². The van der Waals surface area contributed by atoms with E-state index >= 15 is 0 Å². The molecule has 0 spiro atoms. The average Bonchev–Trinajstić information content (AvgIpc) is 2.77. The Morgan fingerprint density at radius 1 is 1.33 bits per heavy atom. The number of aromatic nitrogens is 4. The zero-order chi connectivity index (χ0) is 13.0. The standard InChI is InChI=1S/C11H15BrN6/c1-18-16-11(15-17-18)7-10(14-13)6-8-2-4-9(12)5-3-8/h2-5,10,14H,6-7,13H2,1H3. The molecule has 1 aromatic heterocycles. The van der Waals surface area contributed by atoms with Crippen LogP contribution >= 0.6 is 15.9 Å². The highest BCUT2D eigenvalue weighted by atomic mass is 79.9. The first kappa shape index (κ1) is 13.1. The molecule has 1 unspecified atom stereocenters. The molecule has 0 saturated carbocycles. The molecule has 1 heterocycles.